The molecule has 1 saturated carbocycles. The van der Waals surface area contributed by atoms with Crippen LogP contribution in [0, 0.1) is 5.92 Å². The topological polar surface area (TPSA) is 41.6 Å². The Morgan fingerprint density at radius 3 is 2.52 bits per heavy atom. The highest BCUT2D eigenvalue weighted by molar-refractivity contribution is 7.81. The summed E-state index contributed by atoms with van der Waals surface area (Å²) in [5, 5.41) is 3.44. The maximum atomic E-state index is 13.8. The van der Waals surface area contributed by atoms with Crippen LogP contribution >= 0.6 is 12.6 Å². The quantitative estimate of drug-likeness (QED) is 0.497. The molecule has 0 unspecified atom stereocenters. The summed E-state index contributed by atoms with van der Waals surface area (Å²) >= 11 is 4.71. The minimum atomic E-state index is -0.414. The molecule has 1 aromatic rings. The molecule has 1 radical (unpaired) electrons. The van der Waals surface area contributed by atoms with Crippen molar-refractivity contribution in [2.24, 2.45) is 5.92 Å². The molecule has 0 atom stereocenters. The van der Waals surface area contributed by atoms with Crippen molar-refractivity contribution in [1.29, 1.82) is 0 Å². The van der Waals surface area contributed by atoms with Gasteiger partial charge in [-0.1, -0.05) is 37.4 Å². The summed E-state index contributed by atoms with van der Waals surface area (Å²) in [6, 6.07) is 6.83. The first kappa shape index (κ1) is 23.2. The van der Waals surface area contributed by atoms with E-state index in [1.807, 2.05) is 7.48 Å². The summed E-state index contributed by atoms with van der Waals surface area (Å²) in [5.74, 6) is 1.10. The number of hydrogen-bond donors (Lipinski definition) is 2. The molecule has 1 N–H and O–H groups in total. The van der Waals surface area contributed by atoms with E-state index in [4.69, 9.17) is 17.3 Å². The first-order valence-electron chi connectivity index (χ1n) is 12.0. The zero-order valence-corrected chi connectivity index (χ0v) is 20.7. The van der Waals surface area contributed by atoms with Crippen molar-refractivity contribution in [2.45, 2.75) is 94.9 Å². The molecule has 3 aliphatic rings. The lowest BCUT2D eigenvalue weighted by Crippen LogP contribution is -2.53. The van der Waals surface area contributed by atoms with E-state index in [-0.39, 0.29) is 10.2 Å². The van der Waals surface area contributed by atoms with Crippen LogP contribution in [0.5, 0.6) is 0 Å². The smallest absolute Gasteiger partial charge is 0.330 e. The second-order valence-electron chi connectivity index (χ2n) is 10.9. The van der Waals surface area contributed by atoms with Gasteiger partial charge in [0.05, 0.1) is 11.0 Å². The number of fused-ring (bicyclic) bond motifs is 2. The van der Waals surface area contributed by atoms with Crippen LogP contribution in [0.1, 0.15) is 78.7 Å². The van der Waals surface area contributed by atoms with Crippen molar-refractivity contribution in [2.75, 3.05) is 18.0 Å². The number of hydrogen-bond acceptors (Lipinski definition) is 4. The lowest BCUT2D eigenvalue weighted by molar-refractivity contribution is -0.125. The van der Waals surface area contributed by atoms with Gasteiger partial charge in [0.15, 0.2) is 0 Å². The van der Waals surface area contributed by atoms with E-state index in [2.05, 4.69) is 63.0 Å². The van der Waals surface area contributed by atoms with Crippen molar-refractivity contribution in [3.05, 3.63) is 23.8 Å². The normalized spacial score (nSPS) is 25.5. The summed E-state index contributed by atoms with van der Waals surface area (Å²) in [5.41, 5.74) is 2.60. The van der Waals surface area contributed by atoms with Gasteiger partial charge in [0.25, 0.3) is 0 Å². The molecule has 169 valence electrons. The first-order chi connectivity index (χ1) is 14.6. The van der Waals surface area contributed by atoms with E-state index in [1.54, 1.807) is 0 Å². The van der Waals surface area contributed by atoms with Crippen molar-refractivity contribution < 1.29 is 9.45 Å². The molecule has 4 nitrogen and oxygen atoms in total. The highest BCUT2D eigenvalue weighted by Gasteiger charge is 2.54. The summed E-state index contributed by atoms with van der Waals surface area (Å²) < 4.78 is 5.90. The highest BCUT2D eigenvalue weighted by atomic mass is 32.1. The maximum Gasteiger partial charge on any atom is 0.330 e. The first-order valence-corrected chi connectivity index (χ1v) is 12.5. The molecule has 0 aromatic heterocycles. The summed E-state index contributed by atoms with van der Waals surface area (Å²) in [6.45, 7) is 12.3. The summed E-state index contributed by atoms with van der Waals surface area (Å²) in [7, 11) is 1.84. The molecule has 1 spiro atoms. The van der Waals surface area contributed by atoms with Crippen molar-refractivity contribution >= 4 is 37.2 Å². The maximum absolute atomic E-state index is 13.8. The summed E-state index contributed by atoms with van der Waals surface area (Å²) in [4.78, 5) is 16.0. The molecular weight excluding hydrogens is 403 g/mol. The Bertz CT molecular complexity index is 823. The molecule has 4 rings (SSSR count). The van der Waals surface area contributed by atoms with Gasteiger partial charge < -0.3 is 14.9 Å². The predicted molar refractivity (Wildman–Crippen MR) is 133 cm³/mol. The summed E-state index contributed by atoms with van der Waals surface area (Å²) in [6.07, 6.45) is 6.56. The van der Waals surface area contributed by atoms with Gasteiger partial charge in [0, 0.05) is 16.5 Å². The Labute approximate surface area is 194 Å². The van der Waals surface area contributed by atoms with Crippen LogP contribution in [0.15, 0.2) is 18.2 Å². The number of anilines is 1. The van der Waals surface area contributed by atoms with Gasteiger partial charge in [-0.2, -0.15) is 12.6 Å². The SMILES string of the molecule is CCCC1CC(N2C(=O)C3(CCNCC3)c3ccc([B]OC(C)(C)C(C)(C)S)cc32)C1. The Hall–Kier alpha value is -0.975. The van der Waals surface area contributed by atoms with Gasteiger partial charge in [0.1, 0.15) is 0 Å². The van der Waals surface area contributed by atoms with E-state index in [0.717, 1.165) is 55.8 Å². The van der Waals surface area contributed by atoms with Gasteiger partial charge in [-0.15, -0.1) is 0 Å². The predicted octanol–water partition coefficient (Wildman–Crippen LogP) is 3.98. The number of piperidine rings is 1. The third-order valence-corrected chi connectivity index (χ3v) is 8.66. The number of amides is 1. The third-order valence-electron chi connectivity index (χ3n) is 8.12. The number of thiol groups is 1. The molecule has 1 aromatic carbocycles. The van der Waals surface area contributed by atoms with Crippen molar-refractivity contribution in [3.63, 3.8) is 0 Å². The fraction of sp³-hybridized carbons (Fsp3) is 0.720. The molecule has 6 heteroatoms. The minimum absolute atomic E-state index is 0.276. The fourth-order valence-corrected chi connectivity index (χ4v) is 5.35. The van der Waals surface area contributed by atoms with E-state index in [0.29, 0.717) is 11.9 Å². The van der Waals surface area contributed by atoms with Crippen LogP contribution in [-0.2, 0) is 14.9 Å². The van der Waals surface area contributed by atoms with Crippen molar-refractivity contribution in [3.8, 4) is 0 Å². The van der Waals surface area contributed by atoms with Gasteiger partial charge in [0.2, 0.25) is 5.91 Å². The molecule has 1 amide bonds. The van der Waals surface area contributed by atoms with Crippen LogP contribution in [0.4, 0.5) is 5.69 Å². The molecule has 1 aliphatic carbocycles. The molecule has 2 fully saturated rings. The zero-order valence-electron chi connectivity index (χ0n) is 19.8. The Morgan fingerprint density at radius 1 is 1.23 bits per heavy atom. The van der Waals surface area contributed by atoms with Crippen LogP contribution in [-0.4, -0.2) is 42.9 Å². The molecule has 1 saturated heterocycles. The molecule has 31 heavy (non-hydrogen) atoms. The number of nitrogens with zero attached hydrogens (tertiary/aromatic N) is 1. The van der Waals surface area contributed by atoms with E-state index < -0.39 is 5.60 Å². The Balaban J connectivity index is 1.61. The number of carbonyl (C=O) groups is 1. The molecule has 2 aliphatic heterocycles. The average molecular weight is 441 g/mol. The number of nitrogens with one attached hydrogen (secondary N) is 1. The van der Waals surface area contributed by atoms with Gasteiger partial charge in [-0.3, -0.25) is 4.79 Å². The number of rotatable bonds is 7. The van der Waals surface area contributed by atoms with Gasteiger partial charge in [-0.25, -0.2) is 0 Å². The van der Waals surface area contributed by atoms with Crippen LogP contribution < -0.4 is 15.7 Å². The monoisotopic (exact) mass is 441 g/mol. The Kier molecular flexibility index (Phi) is 6.30. The lowest BCUT2D eigenvalue weighted by Gasteiger charge is -2.43. The standard InChI is InChI=1S/C25H38BN2O2S/c1-6-7-17-14-19(15-17)28-21-16-18(26-30-23(2,3)24(4,5)31)8-9-20(21)25(22(28)29)10-12-27-13-11-25/h8-9,16-17,19,27,31H,6-7,10-15H2,1-5H3. The van der Waals surface area contributed by atoms with Gasteiger partial charge in [-0.05, 0) is 84.0 Å². The zero-order chi connectivity index (χ0) is 22.4. The molecule has 0 bridgehead atoms. The minimum Gasteiger partial charge on any atom is -0.428 e. The van der Waals surface area contributed by atoms with Crippen LogP contribution in [0.3, 0.4) is 0 Å². The van der Waals surface area contributed by atoms with Crippen molar-refractivity contribution in [1.82, 2.24) is 5.32 Å². The van der Waals surface area contributed by atoms with Crippen LogP contribution in [0.2, 0.25) is 0 Å². The van der Waals surface area contributed by atoms with E-state index in [9.17, 15) is 4.79 Å². The lowest BCUT2D eigenvalue weighted by atomic mass is 9.73. The second kappa shape index (κ2) is 8.42. The molecular formula is C25H38BN2O2S. The molecule has 2 heterocycles. The number of carbonyl (C=O) groups excluding carboxylic acids is 1. The van der Waals surface area contributed by atoms with Crippen LogP contribution in [0.25, 0.3) is 0 Å². The number of benzene rings is 1. The second-order valence-corrected chi connectivity index (χ2v) is 12.0. The van der Waals surface area contributed by atoms with Gasteiger partial charge >= 0.3 is 7.48 Å². The third kappa shape index (κ3) is 4.09. The highest BCUT2D eigenvalue weighted by Crippen LogP contribution is 2.50. The van der Waals surface area contributed by atoms with E-state index >= 15 is 0 Å². The van der Waals surface area contributed by atoms with E-state index in [1.165, 1.54) is 18.4 Å². The average Bonchev–Trinajstić information content (AvgIpc) is 2.91. The Morgan fingerprint density at radius 2 is 1.90 bits per heavy atom. The largest absolute Gasteiger partial charge is 0.428 e. The fourth-order valence-electron chi connectivity index (χ4n) is 5.30.